The maximum Gasteiger partial charge on any atom is 0.272 e. The monoisotopic (exact) mass is 489 g/mol. The van der Waals surface area contributed by atoms with Crippen LogP contribution in [0, 0.1) is 6.92 Å². The summed E-state index contributed by atoms with van der Waals surface area (Å²) in [7, 11) is 1.69. The maximum atomic E-state index is 13.2. The number of carbonyl (C=O) groups excluding carboxylic acids is 1. The molecule has 3 aromatic rings. The first-order valence-electron chi connectivity index (χ1n) is 9.23. The molecular formula is C21H17Cl2N5OS2. The highest BCUT2D eigenvalue weighted by Gasteiger charge is 2.31. The topological polar surface area (TPSA) is 69.6 Å². The van der Waals surface area contributed by atoms with Gasteiger partial charge in [0.1, 0.15) is 0 Å². The van der Waals surface area contributed by atoms with E-state index in [2.05, 4.69) is 15.6 Å². The van der Waals surface area contributed by atoms with Gasteiger partial charge >= 0.3 is 0 Å². The Kier molecular flexibility index (Phi) is 6.24. The number of halogens is 2. The van der Waals surface area contributed by atoms with Crippen LogP contribution in [0.25, 0.3) is 0 Å². The lowest BCUT2D eigenvalue weighted by molar-refractivity contribution is -0.119. The molecule has 158 valence electrons. The molecule has 1 aliphatic heterocycles. The summed E-state index contributed by atoms with van der Waals surface area (Å²) in [5.74, 6) is -0.273. The predicted octanol–water partition coefficient (Wildman–Crippen LogP) is 4.88. The van der Waals surface area contributed by atoms with E-state index >= 15 is 0 Å². The second-order valence-electron chi connectivity index (χ2n) is 6.81. The first-order chi connectivity index (χ1) is 14.8. The average molecular weight is 490 g/mol. The quantitative estimate of drug-likeness (QED) is 0.512. The number of nitrogens with zero attached hydrogens (tertiary/aromatic N) is 3. The van der Waals surface area contributed by atoms with Gasteiger partial charge in [0.15, 0.2) is 10.2 Å². The van der Waals surface area contributed by atoms with Gasteiger partial charge in [-0.05, 0) is 43.4 Å². The Balaban J connectivity index is 1.76. The molecule has 2 aromatic carbocycles. The largest absolute Gasteiger partial charge is 0.333 e. The number of aromatic nitrogens is 1. The number of aliphatic imine (C=N–C) groups is 1. The van der Waals surface area contributed by atoms with Crippen molar-refractivity contribution in [2.45, 2.75) is 13.1 Å². The SMILES string of the molecule is Cc1csc(NC(=S)NC2N=C(c3ccccc3Cl)c3cc(Cl)ccc3N(C)C2=O)n1. The van der Waals surface area contributed by atoms with Gasteiger partial charge in [0.05, 0.1) is 17.1 Å². The fourth-order valence-electron chi connectivity index (χ4n) is 3.18. The number of likely N-dealkylation sites (N-methyl/N-ethyl adjacent to an activating group) is 1. The van der Waals surface area contributed by atoms with E-state index in [-0.39, 0.29) is 11.0 Å². The highest BCUT2D eigenvalue weighted by atomic mass is 35.5. The van der Waals surface area contributed by atoms with Crippen molar-refractivity contribution in [3.05, 3.63) is 74.7 Å². The average Bonchev–Trinajstić information content (AvgIpc) is 3.11. The van der Waals surface area contributed by atoms with Crippen LogP contribution >= 0.6 is 46.8 Å². The third-order valence-corrected chi connectivity index (χ3v) is 6.29. The summed E-state index contributed by atoms with van der Waals surface area (Å²) >= 11 is 19.6. The summed E-state index contributed by atoms with van der Waals surface area (Å²) in [6.45, 7) is 1.89. The van der Waals surface area contributed by atoms with Gasteiger partial charge in [-0.2, -0.15) is 0 Å². The summed E-state index contributed by atoms with van der Waals surface area (Å²) in [5, 5.41) is 9.83. The Labute approximate surface area is 198 Å². The number of fused-ring (bicyclic) bond motifs is 1. The Morgan fingerprint density at radius 2 is 1.97 bits per heavy atom. The van der Waals surface area contributed by atoms with E-state index in [0.29, 0.717) is 37.7 Å². The number of anilines is 2. The number of thiazole rings is 1. The number of benzene rings is 2. The molecule has 10 heteroatoms. The molecule has 31 heavy (non-hydrogen) atoms. The zero-order valence-electron chi connectivity index (χ0n) is 16.5. The molecule has 1 unspecified atom stereocenters. The van der Waals surface area contributed by atoms with Crippen LogP contribution in [0.15, 0.2) is 52.8 Å². The van der Waals surface area contributed by atoms with Crippen LogP contribution < -0.4 is 15.5 Å². The second kappa shape index (κ2) is 8.92. The van der Waals surface area contributed by atoms with Gasteiger partial charge in [-0.15, -0.1) is 11.3 Å². The molecule has 6 nitrogen and oxygen atoms in total. The van der Waals surface area contributed by atoms with Gasteiger partial charge in [-0.1, -0.05) is 41.4 Å². The molecule has 2 heterocycles. The first kappa shape index (κ1) is 21.7. The number of nitrogens with one attached hydrogen (secondary N) is 2. The number of benzodiazepines with no additional fused rings is 1. The van der Waals surface area contributed by atoms with Crippen molar-refractivity contribution in [3.63, 3.8) is 0 Å². The summed E-state index contributed by atoms with van der Waals surface area (Å²) in [4.78, 5) is 23.8. The molecular weight excluding hydrogens is 473 g/mol. The molecule has 0 fully saturated rings. The van der Waals surface area contributed by atoms with E-state index in [0.717, 1.165) is 5.69 Å². The summed E-state index contributed by atoms with van der Waals surface area (Å²) in [5.41, 5.74) is 3.50. The highest BCUT2D eigenvalue weighted by molar-refractivity contribution is 7.80. The Morgan fingerprint density at radius 3 is 2.68 bits per heavy atom. The van der Waals surface area contributed by atoms with Crippen molar-refractivity contribution in [2.75, 3.05) is 17.3 Å². The molecule has 0 saturated carbocycles. The third-order valence-electron chi connectivity index (χ3n) is 4.63. The van der Waals surface area contributed by atoms with Crippen LogP contribution in [-0.2, 0) is 4.79 Å². The number of rotatable bonds is 3. The number of carbonyl (C=O) groups is 1. The van der Waals surface area contributed by atoms with Crippen molar-refractivity contribution in [1.29, 1.82) is 0 Å². The van der Waals surface area contributed by atoms with Crippen LogP contribution in [0.4, 0.5) is 10.8 Å². The Hall–Kier alpha value is -2.52. The fraction of sp³-hybridized carbons (Fsp3) is 0.143. The molecule has 1 amide bonds. The number of hydrogen-bond acceptors (Lipinski definition) is 5. The van der Waals surface area contributed by atoms with Crippen molar-refractivity contribution in [1.82, 2.24) is 10.3 Å². The van der Waals surface area contributed by atoms with E-state index in [1.807, 2.05) is 30.5 Å². The minimum Gasteiger partial charge on any atom is -0.333 e. The van der Waals surface area contributed by atoms with E-state index < -0.39 is 6.17 Å². The minimum absolute atomic E-state index is 0.243. The predicted molar refractivity (Wildman–Crippen MR) is 132 cm³/mol. The first-order valence-corrected chi connectivity index (χ1v) is 11.3. The second-order valence-corrected chi connectivity index (χ2v) is 8.92. The summed E-state index contributed by atoms with van der Waals surface area (Å²) in [6.07, 6.45) is -0.969. The van der Waals surface area contributed by atoms with Gasteiger partial charge in [0.2, 0.25) is 6.17 Å². The molecule has 1 atom stereocenters. The molecule has 0 radical (unpaired) electrons. The van der Waals surface area contributed by atoms with Crippen molar-refractivity contribution in [2.24, 2.45) is 4.99 Å². The standard InChI is InChI=1S/C21H17Cl2N5OS2/c1-11-10-31-21(24-11)27-20(30)26-18-19(29)28(2)16-8-7-12(22)9-14(16)17(25-18)13-5-3-4-6-15(13)23/h3-10,18H,1-2H3,(H2,24,26,27,30). The zero-order chi connectivity index (χ0) is 22.1. The van der Waals surface area contributed by atoms with Crippen LogP contribution in [-0.4, -0.2) is 34.9 Å². The van der Waals surface area contributed by atoms with Gasteiger partial charge in [-0.3, -0.25) is 4.79 Å². The number of amides is 1. The molecule has 0 aliphatic carbocycles. The lowest BCUT2D eigenvalue weighted by Crippen LogP contribution is -2.47. The summed E-state index contributed by atoms with van der Waals surface area (Å²) in [6, 6.07) is 12.6. The molecule has 1 aliphatic rings. The Bertz CT molecular complexity index is 1210. The van der Waals surface area contributed by atoms with E-state index in [1.54, 1.807) is 31.3 Å². The van der Waals surface area contributed by atoms with Crippen LogP contribution in [0.2, 0.25) is 10.0 Å². The van der Waals surface area contributed by atoms with Crippen LogP contribution in [0.5, 0.6) is 0 Å². The maximum absolute atomic E-state index is 13.2. The fourth-order valence-corrected chi connectivity index (χ4v) is 4.54. The zero-order valence-corrected chi connectivity index (χ0v) is 19.7. The molecule has 0 bridgehead atoms. The van der Waals surface area contributed by atoms with Gasteiger partial charge in [-0.25, -0.2) is 9.98 Å². The smallest absolute Gasteiger partial charge is 0.272 e. The van der Waals surface area contributed by atoms with Gasteiger partial charge in [0, 0.05) is 33.6 Å². The van der Waals surface area contributed by atoms with E-state index in [4.69, 9.17) is 40.4 Å². The molecule has 1 aromatic heterocycles. The summed E-state index contributed by atoms with van der Waals surface area (Å²) < 4.78 is 0. The van der Waals surface area contributed by atoms with E-state index in [9.17, 15) is 4.79 Å². The minimum atomic E-state index is -0.969. The highest BCUT2D eigenvalue weighted by Crippen LogP contribution is 2.31. The molecule has 0 saturated heterocycles. The molecule has 0 spiro atoms. The number of thiocarbonyl (C=S) groups is 1. The van der Waals surface area contributed by atoms with Crippen molar-refractivity contribution in [3.8, 4) is 0 Å². The van der Waals surface area contributed by atoms with Crippen LogP contribution in [0.3, 0.4) is 0 Å². The van der Waals surface area contributed by atoms with Gasteiger partial charge < -0.3 is 15.5 Å². The number of hydrogen-bond donors (Lipinski definition) is 2. The lowest BCUT2D eigenvalue weighted by Gasteiger charge is -2.21. The van der Waals surface area contributed by atoms with Crippen molar-refractivity contribution >= 4 is 74.3 Å². The lowest BCUT2D eigenvalue weighted by atomic mass is 10.00. The Morgan fingerprint density at radius 1 is 1.19 bits per heavy atom. The van der Waals surface area contributed by atoms with Crippen molar-refractivity contribution < 1.29 is 4.79 Å². The molecule has 4 rings (SSSR count). The van der Waals surface area contributed by atoms with Crippen LogP contribution in [0.1, 0.15) is 16.8 Å². The number of aryl methyl sites for hydroxylation is 1. The normalized spacial score (nSPS) is 15.7. The third kappa shape index (κ3) is 4.57. The van der Waals surface area contributed by atoms with Gasteiger partial charge in [0.25, 0.3) is 5.91 Å². The molecule has 2 N–H and O–H groups in total. The van der Waals surface area contributed by atoms with E-state index in [1.165, 1.54) is 16.2 Å².